The summed E-state index contributed by atoms with van der Waals surface area (Å²) in [7, 11) is 3.20. The summed E-state index contributed by atoms with van der Waals surface area (Å²) in [6, 6.07) is -0.237. The Bertz CT molecular complexity index is 268. The van der Waals surface area contributed by atoms with Crippen molar-refractivity contribution in [3.63, 3.8) is 0 Å². The van der Waals surface area contributed by atoms with Gasteiger partial charge in [0.25, 0.3) is 0 Å². The van der Waals surface area contributed by atoms with Crippen molar-refractivity contribution in [3.8, 4) is 0 Å². The lowest BCUT2D eigenvalue weighted by Crippen LogP contribution is -2.42. The van der Waals surface area contributed by atoms with Gasteiger partial charge in [0.2, 0.25) is 0 Å². The molecule has 0 aromatic heterocycles. The Hall–Kier alpha value is -1.30. The first-order chi connectivity index (χ1) is 7.75. The van der Waals surface area contributed by atoms with Crippen molar-refractivity contribution in [1.82, 2.24) is 9.80 Å². The lowest BCUT2D eigenvalue weighted by Gasteiger charge is -2.26. The van der Waals surface area contributed by atoms with E-state index in [1.165, 1.54) is 9.80 Å². The maximum absolute atomic E-state index is 11.8. The van der Waals surface area contributed by atoms with Crippen LogP contribution < -0.4 is 0 Å². The predicted octanol–water partition coefficient (Wildman–Crippen LogP) is 0.462. The second kappa shape index (κ2) is 7.11. The molecule has 0 aliphatic carbocycles. The molecule has 6 nitrogen and oxygen atoms in total. The van der Waals surface area contributed by atoms with Crippen molar-refractivity contribution in [2.45, 2.75) is 26.4 Å². The molecule has 0 rings (SSSR count). The number of aliphatic hydroxyl groups is 1. The standard InChI is InChI=1S/C11H22N2O4/c1-8(10(15)16)7-13(4)11(17)12(3)6-5-9(2)14/h8-9,14H,5-7H2,1-4H3,(H,15,16). The van der Waals surface area contributed by atoms with Crippen molar-refractivity contribution in [2.75, 3.05) is 27.2 Å². The molecule has 2 N–H and O–H groups in total. The van der Waals surface area contributed by atoms with Gasteiger partial charge in [-0.1, -0.05) is 6.92 Å². The lowest BCUT2D eigenvalue weighted by molar-refractivity contribution is -0.141. The largest absolute Gasteiger partial charge is 0.481 e. The average Bonchev–Trinajstić information content (AvgIpc) is 2.24. The van der Waals surface area contributed by atoms with Crippen LogP contribution in [-0.2, 0) is 4.79 Å². The van der Waals surface area contributed by atoms with Crippen molar-refractivity contribution < 1.29 is 19.8 Å². The Morgan fingerprint density at radius 2 is 1.71 bits per heavy atom. The van der Waals surface area contributed by atoms with E-state index >= 15 is 0 Å². The van der Waals surface area contributed by atoms with Crippen molar-refractivity contribution in [3.05, 3.63) is 0 Å². The predicted molar refractivity (Wildman–Crippen MR) is 63.8 cm³/mol. The lowest BCUT2D eigenvalue weighted by atomic mass is 10.2. The molecule has 2 atom stereocenters. The van der Waals surface area contributed by atoms with Gasteiger partial charge in [-0.15, -0.1) is 0 Å². The maximum atomic E-state index is 11.8. The zero-order chi connectivity index (χ0) is 13.6. The number of urea groups is 1. The Labute approximate surface area is 102 Å². The van der Waals surface area contributed by atoms with Gasteiger partial charge in [-0.25, -0.2) is 4.79 Å². The number of aliphatic hydroxyl groups excluding tert-OH is 1. The SMILES string of the molecule is CC(O)CCN(C)C(=O)N(C)CC(C)C(=O)O. The summed E-state index contributed by atoms with van der Waals surface area (Å²) in [5, 5.41) is 17.9. The molecule has 0 saturated carbocycles. The number of carboxylic acids is 1. The number of aliphatic carboxylic acids is 1. The third kappa shape index (κ3) is 6.11. The number of rotatable bonds is 6. The number of amides is 2. The molecular formula is C11H22N2O4. The summed E-state index contributed by atoms with van der Waals surface area (Å²) >= 11 is 0. The zero-order valence-electron chi connectivity index (χ0n) is 10.9. The third-order valence-corrected chi connectivity index (χ3v) is 2.50. The van der Waals surface area contributed by atoms with Gasteiger partial charge in [-0.05, 0) is 13.3 Å². The van der Waals surface area contributed by atoms with Gasteiger partial charge >= 0.3 is 12.0 Å². The molecule has 0 bridgehead atoms. The van der Waals surface area contributed by atoms with Crippen LogP contribution in [0.15, 0.2) is 0 Å². The zero-order valence-corrected chi connectivity index (χ0v) is 10.9. The first kappa shape index (κ1) is 15.7. The Kier molecular flexibility index (Phi) is 6.57. The van der Waals surface area contributed by atoms with E-state index in [0.29, 0.717) is 13.0 Å². The maximum Gasteiger partial charge on any atom is 0.319 e. The molecule has 17 heavy (non-hydrogen) atoms. The highest BCUT2D eigenvalue weighted by Crippen LogP contribution is 2.03. The van der Waals surface area contributed by atoms with Gasteiger partial charge in [0.15, 0.2) is 0 Å². The van der Waals surface area contributed by atoms with Gasteiger partial charge in [0, 0.05) is 27.2 Å². The van der Waals surface area contributed by atoms with Gasteiger partial charge in [-0.2, -0.15) is 0 Å². The molecule has 6 heteroatoms. The molecule has 0 radical (unpaired) electrons. The molecule has 0 aliphatic rings. The van der Waals surface area contributed by atoms with Crippen molar-refractivity contribution in [2.24, 2.45) is 5.92 Å². The van der Waals surface area contributed by atoms with Crippen LogP contribution in [0, 0.1) is 5.92 Å². The van der Waals surface area contributed by atoms with Crippen LogP contribution in [0.2, 0.25) is 0 Å². The molecule has 0 aliphatic heterocycles. The monoisotopic (exact) mass is 246 g/mol. The van der Waals surface area contributed by atoms with Crippen LogP contribution in [0.1, 0.15) is 20.3 Å². The van der Waals surface area contributed by atoms with Crippen molar-refractivity contribution in [1.29, 1.82) is 0 Å². The van der Waals surface area contributed by atoms with Crippen LogP contribution in [0.4, 0.5) is 4.79 Å². The van der Waals surface area contributed by atoms with E-state index in [-0.39, 0.29) is 12.6 Å². The molecule has 0 heterocycles. The Morgan fingerprint density at radius 3 is 2.12 bits per heavy atom. The highest BCUT2D eigenvalue weighted by molar-refractivity contribution is 5.75. The molecule has 2 unspecified atom stereocenters. The Morgan fingerprint density at radius 1 is 1.18 bits per heavy atom. The highest BCUT2D eigenvalue weighted by Gasteiger charge is 2.19. The van der Waals surface area contributed by atoms with Crippen LogP contribution in [0.5, 0.6) is 0 Å². The molecule has 0 spiro atoms. The van der Waals surface area contributed by atoms with Gasteiger partial charge in [-0.3, -0.25) is 4.79 Å². The quantitative estimate of drug-likeness (QED) is 0.713. The van der Waals surface area contributed by atoms with Gasteiger partial charge in [0.1, 0.15) is 0 Å². The smallest absolute Gasteiger partial charge is 0.319 e. The van der Waals surface area contributed by atoms with E-state index in [2.05, 4.69) is 0 Å². The summed E-state index contributed by atoms with van der Waals surface area (Å²) < 4.78 is 0. The average molecular weight is 246 g/mol. The summed E-state index contributed by atoms with van der Waals surface area (Å²) in [5.41, 5.74) is 0. The topological polar surface area (TPSA) is 81.1 Å². The molecular weight excluding hydrogens is 224 g/mol. The number of hydrogen-bond donors (Lipinski definition) is 2. The van der Waals surface area contributed by atoms with E-state index < -0.39 is 18.0 Å². The molecule has 0 aromatic carbocycles. The highest BCUT2D eigenvalue weighted by atomic mass is 16.4. The fraction of sp³-hybridized carbons (Fsp3) is 0.818. The summed E-state index contributed by atoms with van der Waals surface area (Å²) in [6.45, 7) is 3.84. The molecule has 100 valence electrons. The number of nitrogens with zero attached hydrogens (tertiary/aromatic N) is 2. The first-order valence-corrected chi connectivity index (χ1v) is 5.62. The number of carbonyl (C=O) groups is 2. The van der Waals surface area contributed by atoms with E-state index in [9.17, 15) is 9.59 Å². The van der Waals surface area contributed by atoms with Gasteiger partial charge < -0.3 is 20.0 Å². The van der Waals surface area contributed by atoms with E-state index in [1.54, 1.807) is 27.9 Å². The Balaban J connectivity index is 4.15. The van der Waals surface area contributed by atoms with Crippen LogP contribution >= 0.6 is 0 Å². The molecule has 0 fully saturated rings. The van der Waals surface area contributed by atoms with Gasteiger partial charge in [0.05, 0.1) is 12.0 Å². The number of hydrogen-bond acceptors (Lipinski definition) is 3. The minimum absolute atomic E-state index is 0.174. The summed E-state index contributed by atoms with van der Waals surface area (Å²) in [4.78, 5) is 25.3. The second-order valence-electron chi connectivity index (χ2n) is 4.46. The van der Waals surface area contributed by atoms with Crippen LogP contribution in [0.25, 0.3) is 0 Å². The second-order valence-corrected chi connectivity index (χ2v) is 4.46. The molecule has 0 aromatic rings. The van der Waals surface area contributed by atoms with Crippen LogP contribution in [0.3, 0.4) is 0 Å². The van der Waals surface area contributed by atoms with E-state index in [4.69, 9.17) is 10.2 Å². The van der Waals surface area contributed by atoms with Crippen LogP contribution in [-0.4, -0.2) is 65.3 Å². The third-order valence-electron chi connectivity index (χ3n) is 2.50. The number of carboxylic acid groups (broad SMARTS) is 1. The summed E-state index contributed by atoms with van der Waals surface area (Å²) in [5.74, 6) is -1.51. The number of carbonyl (C=O) groups excluding carboxylic acids is 1. The van der Waals surface area contributed by atoms with Crippen molar-refractivity contribution >= 4 is 12.0 Å². The first-order valence-electron chi connectivity index (χ1n) is 5.62. The minimum atomic E-state index is -0.920. The fourth-order valence-electron chi connectivity index (χ4n) is 1.33. The molecule has 2 amide bonds. The van der Waals surface area contributed by atoms with E-state index in [1.807, 2.05) is 0 Å². The minimum Gasteiger partial charge on any atom is -0.481 e. The van der Waals surface area contributed by atoms with E-state index in [0.717, 1.165) is 0 Å². The molecule has 0 saturated heterocycles. The summed E-state index contributed by atoms with van der Waals surface area (Å²) in [6.07, 6.45) is 0.0541. The normalized spacial score (nSPS) is 13.9. The fourth-order valence-corrected chi connectivity index (χ4v) is 1.33.